The molecule has 0 amide bonds. The molecule has 0 atom stereocenters. The van der Waals surface area contributed by atoms with Gasteiger partial charge in [-0.15, -0.1) is 0 Å². The van der Waals surface area contributed by atoms with Crippen LogP contribution in [0.5, 0.6) is 0 Å². The molecule has 0 radical (unpaired) electrons. The Morgan fingerprint density at radius 3 is 2.53 bits per heavy atom. The van der Waals surface area contributed by atoms with Crippen LogP contribution in [-0.4, -0.2) is 20.9 Å². The van der Waals surface area contributed by atoms with Crippen molar-refractivity contribution in [2.45, 2.75) is 19.8 Å². The lowest BCUT2D eigenvalue weighted by Gasteiger charge is -2.07. The molecular weight excluding hydrogens is 287 g/mol. The van der Waals surface area contributed by atoms with Gasteiger partial charge in [0.1, 0.15) is 0 Å². The van der Waals surface area contributed by atoms with Crippen LogP contribution in [0.4, 0.5) is 0 Å². The van der Waals surface area contributed by atoms with Crippen LogP contribution in [0.3, 0.4) is 0 Å². The van der Waals surface area contributed by atoms with Gasteiger partial charge in [0, 0.05) is 5.02 Å². The van der Waals surface area contributed by atoms with Crippen LogP contribution in [0, 0.1) is 0 Å². The molecule has 0 fully saturated rings. The van der Waals surface area contributed by atoms with Crippen LogP contribution in [0.1, 0.15) is 35.9 Å². The zero-order valence-electron chi connectivity index (χ0n) is 10.4. The van der Waals surface area contributed by atoms with E-state index >= 15 is 0 Å². The summed E-state index contributed by atoms with van der Waals surface area (Å²) in [4.78, 5) is 11.3. The van der Waals surface area contributed by atoms with Crippen molar-refractivity contribution in [3.05, 3.63) is 45.7 Å². The average molecular weight is 299 g/mol. The van der Waals surface area contributed by atoms with E-state index in [2.05, 4.69) is 5.10 Å². The number of carboxylic acids is 1. The molecule has 1 N–H and O–H groups in total. The zero-order chi connectivity index (χ0) is 14.2. The van der Waals surface area contributed by atoms with E-state index in [-0.39, 0.29) is 11.6 Å². The first-order chi connectivity index (χ1) is 8.90. The number of nitrogens with zero attached hydrogens (tertiary/aromatic N) is 2. The third-order valence-corrected chi connectivity index (χ3v) is 3.21. The number of aromatic nitrogens is 2. The van der Waals surface area contributed by atoms with Gasteiger partial charge in [-0.2, -0.15) is 5.10 Å². The minimum Gasteiger partial charge on any atom is -0.477 e. The minimum absolute atomic E-state index is 0.0768. The lowest BCUT2D eigenvalue weighted by molar-refractivity contribution is 0.0687. The number of carbonyl (C=O) groups is 1. The van der Waals surface area contributed by atoms with Gasteiger partial charge in [0.05, 0.1) is 16.4 Å². The summed E-state index contributed by atoms with van der Waals surface area (Å²) in [7, 11) is 0. The van der Waals surface area contributed by atoms with Gasteiger partial charge in [0.2, 0.25) is 0 Å². The molecule has 1 aromatic heterocycles. The Labute approximate surface area is 120 Å². The molecule has 0 aliphatic rings. The highest BCUT2D eigenvalue weighted by atomic mass is 35.5. The second-order valence-corrected chi connectivity index (χ2v) is 5.27. The predicted molar refractivity (Wildman–Crippen MR) is 74.6 cm³/mol. The predicted octanol–water partition coefficient (Wildman–Crippen LogP) is 4.00. The van der Waals surface area contributed by atoms with E-state index in [0.29, 0.717) is 21.4 Å². The zero-order valence-corrected chi connectivity index (χ0v) is 11.9. The van der Waals surface area contributed by atoms with Crippen LogP contribution < -0.4 is 0 Å². The summed E-state index contributed by atoms with van der Waals surface area (Å²) in [6.45, 7) is 3.89. The number of hydrogen-bond acceptors (Lipinski definition) is 2. The van der Waals surface area contributed by atoms with Crippen molar-refractivity contribution in [2.75, 3.05) is 0 Å². The van der Waals surface area contributed by atoms with Crippen LogP contribution in [-0.2, 0) is 0 Å². The highest BCUT2D eigenvalue weighted by molar-refractivity contribution is 6.35. The van der Waals surface area contributed by atoms with Crippen LogP contribution in [0.25, 0.3) is 5.69 Å². The smallest absolute Gasteiger partial charge is 0.354 e. The lowest BCUT2D eigenvalue weighted by atomic mass is 10.1. The maximum Gasteiger partial charge on any atom is 0.354 e. The van der Waals surface area contributed by atoms with Gasteiger partial charge in [0.25, 0.3) is 0 Å². The SMILES string of the molecule is CC(C)c1cc(C(=O)O)n(-c2ccc(Cl)cc2Cl)n1. The van der Waals surface area contributed by atoms with Crippen molar-refractivity contribution >= 4 is 29.2 Å². The number of benzene rings is 1. The van der Waals surface area contributed by atoms with Crippen molar-refractivity contribution in [2.24, 2.45) is 0 Å². The summed E-state index contributed by atoms with van der Waals surface area (Å²) in [5, 5.41) is 14.4. The Kier molecular flexibility index (Phi) is 3.83. The van der Waals surface area contributed by atoms with Crippen molar-refractivity contribution in [3.63, 3.8) is 0 Å². The van der Waals surface area contributed by atoms with E-state index < -0.39 is 5.97 Å². The molecule has 6 heteroatoms. The molecule has 100 valence electrons. The Morgan fingerprint density at radius 1 is 1.32 bits per heavy atom. The minimum atomic E-state index is -1.05. The van der Waals surface area contributed by atoms with Gasteiger partial charge >= 0.3 is 5.97 Å². The van der Waals surface area contributed by atoms with Crippen molar-refractivity contribution < 1.29 is 9.90 Å². The Hall–Kier alpha value is -1.52. The third-order valence-electron chi connectivity index (χ3n) is 2.68. The van der Waals surface area contributed by atoms with Gasteiger partial charge in [-0.3, -0.25) is 0 Å². The molecule has 0 saturated heterocycles. The number of halogens is 2. The molecule has 2 aromatic rings. The van der Waals surface area contributed by atoms with Gasteiger partial charge in [0.15, 0.2) is 5.69 Å². The Balaban J connectivity index is 2.63. The molecule has 4 nitrogen and oxygen atoms in total. The molecule has 0 bridgehead atoms. The summed E-state index contributed by atoms with van der Waals surface area (Å²) in [5.74, 6) is -0.921. The number of hydrogen-bond donors (Lipinski definition) is 1. The topological polar surface area (TPSA) is 55.1 Å². The fourth-order valence-corrected chi connectivity index (χ4v) is 2.16. The fourth-order valence-electron chi connectivity index (χ4n) is 1.67. The van der Waals surface area contributed by atoms with E-state index in [1.807, 2.05) is 13.8 Å². The van der Waals surface area contributed by atoms with E-state index in [9.17, 15) is 9.90 Å². The third kappa shape index (κ3) is 2.74. The fraction of sp³-hybridized carbons (Fsp3) is 0.231. The van der Waals surface area contributed by atoms with Gasteiger partial charge in [-0.25, -0.2) is 9.48 Å². The van der Waals surface area contributed by atoms with Gasteiger partial charge in [-0.1, -0.05) is 37.0 Å². The maximum atomic E-state index is 11.3. The lowest BCUT2D eigenvalue weighted by Crippen LogP contribution is -2.08. The molecule has 0 unspecified atom stereocenters. The molecule has 0 aliphatic carbocycles. The molecule has 1 aromatic carbocycles. The molecule has 1 heterocycles. The van der Waals surface area contributed by atoms with Gasteiger partial charge in [-0.05, 0) is 30.2 Å². The molecular formula is C13H12Cl2N2O2. The Morgan fingerprint density at radius 2 is 2.00 bits per heavy atom. The number of carboxylic acid groups (broad SMARTS) is 1. The van der Waals surface area contributed by atoms with Crippen molar-refractivity contribution in [1.29, 1.82) is 0 Å². The van der Waals surface area contributed by atoms with Gasteiger partial charge < -0.3 is 5.11 Å². The molecule has 19 heavy (non-hydrogen) atoms. The standard InChI is InChI=1S/C13H12Cl2N2O2/c1-7(2)10-6-12(13(18)19)17(16-10)11-4-3-8(14)5-9(11)15/h3-7H,1-2H3,(H,18,19). The summed E-state index contributed by atoms with van der Waals surface area (Å²) in [5.41, 5.74) is 1.27. The van der Waals surface area contributed by atoms with E-state index in [1.54, 1.807) is 24.3 Å². The maximum absolute atomic E-state index is 11.3. The summed E-state index contributed by atoms with van der Waals surface area (Å²) in [6, 6.07) is 6.40. The summed E-state index contributed by atoms with van der Waals surface area (Å²) >= 11 is 11.9. The second kappa shape index (κ2) is 5.23. The highest BCUT2D eigenvalue weighted by Crippen LogP contribution is 2.26. The number of aromatic carboxylic acids is 1. The largest absolute Gasteiger partial charge is 0.477 e. The molecule has 0 spiro atoms. The highest BCUT2D eigenvalue weighted by Gasteiger charge is 2.18. The van der Waals surface area contributed by atoms with Crippen LogP contribution >= 0.6 is 23.2 Å². The molecule has 0 saturated carbocycles. The van der Waals surface area contributed by atoms with E-state index in [1.165, 1.54) is 4.68 Å². The van der Waals surface area contributed by atoms with Crippen LogP contribution in [0.15, 0.2) is 24.3 Å². The quantitative estimate of drug-likeness (QED) is 0.932. The summed E-state index contributed by atoms with van der Waals surface area (Å²) < 4.78 is 1.33. The first kappa shape index (κ1) is 13.9. The normalized spacial score (nSPS) is 11.0. The van der Waals surface area contributed by atoms with Crippen molar-refractivity contribution in [3.8, 4) is 5.69 Å². The number of rotatable bonds is 3. The molecule has 0 aliphatic heterocycles. The molecule has 2 rings (SSSR count). The first-order valence-corrected chi connectivity index (χ1v) is 6.44. The first-order valence-electron chi connectivity index (χ1n) is 5.69. The van der Waals surface area contributed by atoms with E-state index in [4.69, 9.17) is 23.2 Å². The Bertz CT molecular complexity index is 636. The second-order valence-electron chi connectivity index (χ2n) is 4.42. The monoisotopic (exact) mass is 298 g/mol. The van der Waals surface area contributed by atoms with Crippen molar-refractivity contribution in [1.82, 2.24) is 9.78 Å². The van der Waals surface area contributed by atoms with E-state index in [0.717, 1.165) is 0 Å². The summed E-state index contributed by atoms with van der Waals surface area (Å²) in [6.07, 6.45) is 0. The average Bonchev–Trinajstić information content (AvgIpc) is 2.73. The van der Waals surface area contributed by atoms with Crippen LogP contribution in [0.2, 0.25) is 10.0 Å².